The van der Waals surface area contributed by atoms with Crippen molar-refractivity contribution >= 4 is 10.0 Å². The van der Waals surface area contributed by atoms with Crippen LogP contribution in [0.25, 0.3) is 0 Å². The quantitative estimate of drug-likeness (QED) is 0.905. The first-order chi connectivity index (χ1) is 9.41. The minimum atomic E-state index is -3.83. The maximum Gasteiger partial charge on any atom is 0.243 e. The van der Waals surface area contributed by atoms with E-state index in [1.807, 2.05) is 6.92 Å². The van der Waals surface area contributed by atoms with Gasteiger partial charge in [0.2, 0.25) is 10.0 Å². The predicted molar refractivity (Wildman–Crippen MR) is 69.7 cm³/mol. The Kier molecular flexibility index (Phi) is 4.09. The first kappa shape index (κ1) is 14.9. The van der Waals surface area contributed by atoms with Gasteiger partial charge < -0.3 is 5.11 Å². The van der Waals surface area contributed by atoms with Gasteiger partial charge in [-0.3, -0.25) is 0 Å². The maximum absolute atomic E-state index is 13.3. The molecule has 2 unspecified atom stereocenters. The van der Waals surface area contributed by atoms with Crippen LogP contribution in [0.2, 0.25) is 0 Å². The number of aliphatic hydroxyl groups is 1. The lowest BCUT2D eigenvalue weighted by Gasteiger charge is -2.24. The normalized spacial score (nSPS) is 23.7. The van der Waals surface area contributed by atoms with Crippen LogP contribution in [0, 0.1) is 23.1 Å². The molecule has 0 aromatic heterocycles. The molecule has 0 radical (unpaired) electrons. The first-order valence-electron chi connectivity index (χ1n) is 6.24. The van der Waals surface area contributed by atoms with E-state index in [0.717, 1.165) is 18.2 Å². The van der Waals surface area contributed by atoms with E-state index in [-0.39, 0.29) is 23.0 Å². The monoisotopic (exact) mass is 298 g/mol. The van der Waals surface area contributed by atoms with Crippen LogP contribution < -0.4 is 0 Å². The van der Waals surface area contributed by atoms with Crippen molar-refractivity contribution < 1.29 is 17.9 Å². The van der Waals surface area contributed by atoms with E-state index in [1.54, 1.807) is 6.07 Å². The summed E-state index contributed by atoms with van der Waals surface area (Å²) in [5.41, 5.74) is -0.307. The average Bonchev–Trinajstić information content (AvgIpc) is 2.80. The Morgan fingerprint density at radius 1 is 1.55 bits per heavy atom. The highest BCUT2D eigenvalue weighted by molar-refractivity contribution is 7.89. The molecule has 0 aliphatic carbocycles. The molecule has 1 N–H and O–H groups in total. The number of rotatable bonds is 3. The fourth-order valence-electron chi connectivity index (χ4n) is 2.43. The smallest absolute Gasteiger partial charge is 0.243 e. The van der Waals surface area contributed by atoms with Gasteiger partial charge in [0.25, 0.3) is 0 Å². The van der Waals surface area contributed by atoms with Crippen LogP contribution in [0.15, 0.2) is 23.1 Å². The van der Waals surface area contributed by atoms with E-state index < -0.39 is 21.9 Å². The summed E-state index contributed by atoms with van der Waals surface area (Å²) in [7, 11) is -3.83. The van der Waals surface area contributed by atoms with E-state index in [9.17, 15) is 17.9 Å². The van der Waals surface area contributed by atoms with Crippen LogP contribution in [-0.2, 0) is 10.0 Å². The van der Waals surface area contributed by atoms with Gasteiger partial charge >= 0.3 is 0 Å². The summed E-state index contributed by atoms with van der Waals surface area (Å²) in [6.07, 6.45) is 0.663. The summed E-state index contributed by atoms with van der Waals surface area (Å²) in [6, 6.07) is 4.29. The summed E-state index contributed by atoms with van der Waals surface area (Å²) in [5, 5.41) is 18.1. The number of sulfonamides is 1. The number of hydrogen-bond donors (Lipinski definition) is 1. The Hall–Kier alpha value is -1.49. The molecule has 0 spiro atoms. The molecule has 1 fully saturated rings. The number of aliphatic hydroxyl groups excluding tert-OH is 1. The minimum absolute atomic E-state index is 0.0608. The number of halogens is 1. The highest BCUT2D eigenvalue weighted by Crippen LogP contribution is 2.30. The molecule has 1 aliphatic rings. The third-order valence-electron chi connectivity index (χ3n) is 3.68. The highest BCUT2D eigenvalue weighted by Gasteiger charge is 2.39. The summed E-state index contributed by atoms with van der Waals surface area (Å²) >= 11 is 0. The Bertz CT molecular complexity index is 654. The van der Waals surface area contributed by atoms with Crippen LogP contribution in [-0.4, -0.2) is 37.0 Å². The molecule has 20 heavy (non-hydrogen) atoms. The predicted octanol–water partition coefficient (Wildman–Crippen LogP) is 1.09. The van der Waals surface area contributed by atoms with Crippen LogP contribution in [0.4, 0.5) is 4.39 Å². The molecule has 0 amide bonds. The molecule has 0 bridgehead atoms. The van der Waals surface area contributed by atoms with E-state index in [4.69, 9.17) is 5.26 Å². The van der Waals surface area contributed by atoms with Gasteiger partial charge in [-0.05, 0) is 30.5 Å². The first-order valence-corrected chi connectivity index (χ1v) is 7.68. The number of hydrogen-bond acceptors (Lipinski definition) is 4. The molecule has 1 saturated heterocycles. The Morgan fingerprint density at radius 2 is 2.25 bits per heavy atom. The van der Waals surface area contributed by atoms with Crippen LogP contribution in [0.1, 0.15) is 18.9 Å². The molecule has 1 aromatic carbocycles. The van der Waals surface area contributed by atoms with Crippen molar-refractivity contribution in [3.63, 3.8) is 0 Å². The molecular weight excluding hydrogens is 283 g/mol. The van der Waals surface area contributed by atoms with Crippen molar-refractivity contribution in [1.29, 1.82) is 5.26 Å². The molecule has 1 aromatic rings. The summed E-state index contributed by atoms with van der Waals surface area (Å²) in [5.74, 6) is -0.689. The third-order valence-corrected chi connectivity index (χ3v) is 5.60. The zero-order valence-electron chi connectivity index (χ0n) is 11.0. The lowest BCUT2D eigenvalue weighted by atomic mass is 10.0. The van der Waals surface area contributed by atoms with Crippen LogP contribution >= 0.6 is 0 Å². The molecule has 108 valence electrons. The van der Waals surface area contributed by atoms with E-state index in [1.165, 1.54) is 4.31 Å². The van der Waals surface area contributed by atoms with E-state index in [0.29, 0.717) is 13.0 Å². The van der Waals surface area contributed by atoms with E-state index in [2.05, 4.69) is 0 Å². The topological polar surface area (TPSA) is 81.4 Å². The fraction of sp³-hybridized carbons (Fsp3) is 0.462. The van der Waals surface area contributed by atoms with Crippen molar-refractivity contribution in [1.82, 2.24) is 4.31 Å². The van der Waals surface area contributed by atoms with Gasteiger partial charge in [-0.1, -0.05) is 6.92 Å². The van der Waals surface area contributed by atoms with Gasteiger partial charge in [-0.15, -0.1) is 0 Å². The molecular formula is C13H15FN2O3S. The van der Waals surface area contributed by atoms with Crippen molar-refractivity contribution in [2.75, 3.05) is 13.2 Å². The standard InChI is InChI=1S/C13H15FN2O3S/c1-9-4-5-16(13(9)8-17)20(18,19)11-2-3-12(14)10(6-11)7-15/h2-3,6,9,13,17H,4-5,8H2,1H3. The fourth-order valence-corrected chi connectivity index (χ4v) is 4.18. The lowest BCUT2D eigenvalue weighted by molar-refractivity contribution is 0.191. The Balaban J connectivity index is 2.43. The summed E-state index contributed by atoms with van der Waals surface area (Å²) in [4.78, 5) is -0.122. The van der Waals surface area contributed by atoms with Gasteiger partial charge in [0.1, 0.15) is 11.9 Å². The molecule has 2 atom stereocenters. The van der Waals surface area contributed by atoms with Crippen molar-refractivity contribution in [3.05, 3.63) is 29.6 Å². The van der Waals surface area contributed by atoms with Gasteiger partial charge in [-0.25, -0.2) is 12.8 Å². The molecule has 5 nitrogen and oxygen atoms in total. The van der Waals surface area contributed by atoms with Crippen molar-refractivity contribution in [2.45, 2.75) is 24.3 Å². The largest absolute Gasteiger partial charge is 0.395 e. The summed E-state index contributed by atoms with van der Waals surface area (Å²) in [6.45, 7) is 1.93. The molecule has 1 heterocycles. The molecule has 0 saturated carbocycles. The minimum Gasteiger partial charge on any atom is -0.395 e. The molecule has 1 aliphatic heterocycles. The second-order valence-electron chi connectivity index (χ2n) is 4.89. The second-order valence-corrected chi connectivity index (χ2v) is 6.78. The van der Waals surface area contributed by atoms with E-state index >= 15 is 0 Å². The van der Waals surface area contributed by atoms with Gasteiger partial charge in [0, 0.05) is 6.54 Å². The number of nitrogens with zero attached hydrogens (tertiary/aromatic N) is 2. The van der Waals surface area contributed by atoms with Gasteiger partial charge in [0.15, 0.2) is 0 Å². The number of benzene rings is 1. The highest BCUT2D eigenvalue weighted by atomic mass is 32.2. The zero-order valence-corrected chi connectivity index (χ0v) is 11.8. The van der Waals surface area contributed by atoms with Crippen LogP contribution in [0.3, 0.4) is 0 Å². The van der Waals surface area contributed by atoms with Gasteiger partial charge in [0.05, 0.1) is 23.1 Å². The zero-order chi connectivity index (χ0) is 14.9. The van der Waals surface area contributed by atoms with Crippen molar-refractivity contribution in [2.24, 2.45) is 5.92 Å². The number of nitriles is 1. The van der Waals surface area contributed by atoms with Crippen LogP contribution in [0.5, 0.6) is 0 Å². The van der Waals surface area contributed by atoms with Crippen molar-refractivity contribution in [3.8, 4) is 6.07 Å². The lowest BCUT2D eigenvalue weighted by Crippen LogP contribution is -2.39. The summed E-state index contributed by atoms with van der Waals surface area (Å²) < 4.78 is 39.5. The molecule has 2 rings (SSSR count). The van der Waals surface area contributed by atoms with Gasteiger partial charge in [-0.2, -0.15) is 9.57 Å². The molecule has 7 heteroatoms. The maximum atomic E-state index is 13.3. The Morgan fingerprint density at radius 3 is 2.85 bits per heavy atom. The second kappa shape index (κ2) is 5.48. The average molecular weight is 298 g/mol. The Labute approximate surface area is 117 Å². The third kappa shape index (κ3) is 2.42. The SMILES string of the molecule is CC1CCN(S(=O)(=O)c2ccc(F)c(C#N)c2)C1CO.